The first-order chi connectivity index (χ1) is 7.68. The number of hydrogen-bond acceptors (Lipinski definition) is 5. The third-order valence-electron chi connectivity index (χ3n) is 2.41. The average Bonchev–Trinajstić information content (AvgIpc) is 2.47. The molecule has 3 N–H and O–H groups in total. The van der Waals surface area contributed by atoms with Crippen LogP contribution in [0.2, 0.25) is 0 Å². The van der Waals surface area contributed by atoms with Crippen LogP contribution in [-0.4, -0.2) is 35.5 Å². The van der Waals surface area contributed by atoms with Gasteiger partial charge in [-0.2, -0.15) is 0 Å². The van der Waals surface area contributed by atoms with E-state index in [4.69, 9.17) is 5.73 Å². The smallest absolute Gasteiger partial charge is 0.221 e. The third-order valence-corrected chi connectivity index (χ3v) is 3.17. The van der Waals surface area contributed by atoms with E-state index in [0.717, 1.165) is 12.4 Å². The summed E-state index contributed by atoms with van der Waals surface area (Å²) in [6, 6.07) is 0. The zero-order valence-electron chi connectivity index (χ0n) is 8.61. The van der Waals surface area contributed by atoms with E-state index in [1.807, 2.05) is 4.90 Å². The second-order valence-electron chi connectivity index (χ2n) is 3.48. The fourth-order valence-electron chi connectivity index (χ4n) is 1.57. The van der Waals surface area contributed by atoms with E-state index >= 15 is 0 Å². The van der Waals surface area contributed by atoms with Gasteiger partial charge in [0.1, 0.15) is 22.4 Å². The van der Waals surface area contributed by atoms with Crippen LogP contribution in [0.25, 0.3) is 0 Å². The van der Waals surface area contributed by atoms with E-state index in [1.165, 1.54) is 6.33 Å². The Kier molecular flexibility index (Phi) is 3.23. The minimum absolute atomic E-state index is 0.0700. The Balaban J connectivity index is 2.23. The highest BCUT2D eigenvalue weighted by molar-refractivity contribution is 9.10. The number of nitrogen functional groups attached to an aromatic ring is 1. The summed E-state index contributed by atoms with van der Waals surface area (Å²) < 4.78 is 0.685. The Hall–Kier alpha value is -1.37. The molecule has 2 rings (SSSR count). The molecule has 1 fully saturated rings. The van der Waals surface area contributed by atoms with Gasteiger partial charge in [-0.15, -0.1) is 0 Å². The molecule has 1 aliphatic rings. The van der Waals surface area contributed by atoms with Gasteiger partial charge >= 0.3 is 0 Å². The molecule has 16 heavy (non-hydrogen) atoms. The van der Waals surface area contributed by atoms with Crippen molar-refractivity contribution in [2.75, 3.05) is 30.3 Å². The zero-order valence-corrected chi connectivity index (χ0v) is 10.2. The second-order valence-corrected chi connectivity index (χ2v) is 4.28. The largest absolute Gasteiger partial charge is 0.383 e. The van der Waals surface area contributed by atoms with Crippen LogP contribution < -0.4 is 16.0 Å². The van der Waals surface area contributed by atoms with Crippen molar-refractivity contribution in [2.45, 2.75) is 6.42 Å². The number of rotatable bonds is 1. The molecule has 0 atom stereocenters. The van der Waals surface area contributed by atoms with Crippen LogP contribution >= 0.6 is 15.9 Å². The summed E-state index contributed by atoms with van der Waals surface area (Å²) in [6.45, 7) is 1.98. The van der Waals surface area contributed by atoms with Gasteiger partial charge in [-0.05, 0) is 15.9 Å². The lowest BCUT2D eigenvalue weighted by Gasteiger charge is -2.21. The second kappa shape index (κ2) is 4.65. The van der Waals surface area contributed by atoms with Gasteiger partial charge in [0.25, 0.3) is 0 Å². The van der Waals surface area contributed by atoms with Crippen molar-refractivity contribution in [1.29, 1.82) is 0 Å². The monoisotopic (exact) mass is 285 g/mol. The predicted octanol–water partition coefficient (Wildman–Crippen LogP) is 0.148. The number of nitrogens with zero attached hydrogens (tertiary/aromatic N) is 3. The van der Waals surface area contributed by atoms with E-state index in [-0.39, 0.29) is 5.91 Å². The highest BCUT2D eigenvalue weighted by atomic mass is 79.9. The maximum atomic E-state index is 11.2. The molecule has 0 spiro atoms. The Morgan fingerprint density at radius 1 is 1.44 bits per heavy atom. The van der Waals surface area contributed by atoms with Crippen molar-refractivity contribution < 1.29 is 4.79 Å². The molecule has 0 aromatic carbocycles. The first-order valence-electron chi connectivity index (χ1n) is 4.96. The molecule has 0 unspecified atom stereocenters. The Morgan fingerprint density at radius 3 is 3.06 bits per heavy atom. The summed E-state index contributed by atoms with van der Waals surface area (Å²) in [5, 5.41) is 2.81. The van der Waals surface area contributed by atoms with Crippen LogP contribution in [-0.2, 0) is 4.79 Å². The van der Waals surface area contributed by atoms with E-state index < -0.39 is 0 Å². The molecule has 6 nitrogen and oxygen atoms in total. The van der Waals surface area contributed by atoms with Crippen molar-refractivity contribution >= 4 is 33.5 Å². The quantitative estimate of drug-likeness (QED) is 0.767. The Bertz CT molecular complexity index is 411. The average molecular weight is 286 g/mol. The highest BCUT2D eigenvalue weighted by Crippen LogP contribution is 2.27. The maximum absolute atomic E-state index is 11.2. The third kappa shape index (κ3) is 2.24. The summed E-state index contributed by atoms with van der Waals surface area (Å²) in [5.74, 6) is 1.22. The summed E-state index contributed by atoms with van der Waals surface area (Å²) >= 11 is 3.36. The molecular weight excluding hydrogens is 274 g/mol. The lowest BCUT2D eigenvalue weighted by Crippen LogP contribution is -2.29. The van der Waals surface area contributed by atoms with Gasteiger partial charge in [0.2, 0.25) is 5.91 Å². The number of hydrogen-bond donors (Lipinski definition) is 2. The molecular formula is C9H12BrN5O. The van der Waals surface area contributed by atoms with Crippen molar-refractivity contribution in [3.63, 3.8) is 0 Å². The van der Waals surface area contributed by atoms with Crippen molar-refractivity contribution in [3.8, 4) is 0 Å². The van der Waals surface area contributed by atoms with Crippen molar-refractivity contribution in [2.24, 2.45) is 0 Å². The van der Waals surface area contributed by atoms with Gasteiger partial charge in [0.05, 0.1) is 0 Å². The van der Waals surface area contributed by atoms with Crippen LogP contribution in [0.15, 0.2) is 10.8 Å². The topological polar surface area (TPSA) is 84.1 Å². The molecule has 7 heteroatoms. The molecule has 0 radical (unpaired) electrons. The summed E-state index contributed by atoms with van der Waals surface area (Å²) in [5.41, 5.74) is 5.69. The Morgan fingerprint density at radius 2 is 2.25 bits per heavy atom. The maximum Gasteiger partial charge on any atom is 0.221 e. The van der Waals surface area contributed by atoms with Gasteiger partial charge in [-0.1, -0.05) is 0 Å². The minimum atomic E-state index is 0.0700. The first kappa shape index (κ1) is 11.1. The fraction of sp³-hybridized carbons (Fsp3) is 0.444. The summed E-state index contributed by atoms with van der Waals surface area (Å²) in [4.78, 5) is 21.3. The molecule has 1 aromatic rings. The van der Waals surface area contributed by atoms with Crippen LogP contribution in [0.4, 0.5) is 11.6 Å². The molecule has 0 aliphatic carbocycles. The molecule has 1 aromatic heterocycles. The van der Waals surface area contributed by atoms with E-state index in [0.29, 0.717) is 29.8 Å². The standard InChI is InChI=1S/C9H12BrN5O/c10-7-8(11)13-5-14-9(7)15-3-1-6(16)12-2-4-15/h5H,1-4H2,(H,12,16)(H2,11,13,14). The molecule has 86 valence electrons. The van der Waals surface area contributed by atoms with E-state index in [9.17, 15) is 4.79 Å². The molecule has 2 heterocycles. The summed E-state index contributed by atoms with van der Waals surface area (Å²) in [7, 11) is 0. The molecule has 1 amide bonds. The number of amides is 1. The first-order valence-corrected chi connectivity index (χ1v) is 5.75. The van der Waals surface area contributed by atoms with Gasteiger partial charge < -0.3 is 16.0 Å². The lowest BCUT2D eigenvalue weighted by molar-refractivity contribution is -0.120. The number of carbonyl (C=O) groups excluding carboxylic acids is 1. The number of anilines is 2. The van der Waals surface area contributed by atoms with Crippen LogP contribution in [0.5, 0.6) is 0 Å². The predicted molar refractivity (Wildman–Crippen MR) is 64.0 cm³/mol. The van der Waals surface area contributed by atoms with Gasteiger partial charge in [-0.25, -0.2) is 9.97 Å². The van der Waals surface area contributed by atoms with Gasteiger partial charge in [0, 0.05) is 26.1 Å². The fourth-order valence-corrected chi connectivity index (χ4v) is 2.03. The molecule has 0 saturated carbocycles. The van der Waals surface area contributed by atoms with Gasteiger partial charge in [-0.3, -0.25) is 4.79 Å². The molecule has 0 bridgehead atoms. The number of nitrogens with two attached hydrogens (primary N) is 1. The molecule has 1 saturated heterocycles. The minimum Gasteiger partial charge on any atom is -0.383 e. The van der Waals surface area contributed by atoms with Crippen LogP contribution in [0.1, 0.15) is 6.42 Å². The van der Waals surface area contributed by atoms with Crippen LogP contribution in [0.3, 0.4) is 0 Å². The van der Waals surface area contributed by atoms with Crippen molar-refractivity contribution in [1.82, 2.24) is 15.3 Å². The molecule has 1 aliphatic heterocycles. The lowest BCUT2D eigenvalue weighted by atomic mass is 10.3. The summed E-state index contributed by atoms with van der Waals surface area (Å²) in [6.07, 6.45) is 1.89. The number of aromatic nitrogens is 2. The zero-order chi connectivity index (χ0) is 11.5. The van der Waals surface area contributed by atoms with Crippen LogP contribution in [0, 0.1) is 0 Å². The van der Waals surface area contributed by atoms with Crippen molar-refractivity contribution in [3.05, 3.63) is 10.8 Å². The Labute approximate surface area is 101 Å². The van der Waals surface area contributed by atoms with E-state index in [2.05, 4.69) is 31.2 Å². The van der Waals surface area contributed by atoms with Gasteiger partial charge in [0.15, 0.2) is 0 Å². The number of halogens is 1. The number of nitrogens with one attached hydrogen (secondary N) is 1. The SMILES string of the molecule is Nc1ncnc(N2CCNC(=O)CC2)c1Br. The highest BCUT2D eigenvalue weighted by Gasteiger charge is 2.18. The van der Waals surface area contributed by atoms with E-state index in [1.54, 1.807) is 0 Å². The normalized spacial score (nSPS) is 16.8. The number of carbonyl (C=O) groups is 1.